The highest BCUT2D eigenvalue weighted by atomic mass is 19.4. The molecule has 3 nitrogen and oxygen atoms in total. The van der Waals surface area contributed by atoms with Crippen LogP contribution in [0.1, 0.15) is 47.6 Å². The number of amides is 1. The van der Waals surface area contributed by atoms with E-state index >= 15 is 0 Å². The molecular weight excluding hydrogens is 413 g/mol. The van der Waals surface area contributed by atoms with Crippen molar-refractivity contribution in [2.75, 3.05) is 0 Å². The van der Waals surface area contributed by atoms with E-state index in [2.05, 4.69) is 10.3 Å². The topological polar surface area (TPSA) is 44.9 Å². The Morgan fingerprint density at radius 1 is 0.938 bits per heavy atom. The molecule has 1 heterocycles. The highest BCUT2D eigenvalue weighted by Crippen LogP contribution is 2.37. The van der Waals surface area contributed by atoms with Crippen molar-refractivity contribution in [1.29, 1.82) is 0 Å². The second-order valence-electron chi connectivity index (χ2n) is 7.87. The van der Waals surface area contributed by atoms with Gasteiger partial charge in [-0.1, -0.05) is 66.7 Å². The summed E-state index contributed by atoms with van der Waals surface area (Å²) in [6, 6.07) is 22.1. The van der Waals surface area contributed by atoms with Gasteiger partial charge >= 0.3 is 6.18 Å². The first-order valence-electron chi connectivity index (χ1n) is 10.4. The number of alkyl halides is 3. The highest BCUT2D eigenvalue weighted by Gasteiger charge is 2.32. The number of hydrogen-bond acceptors (Lipinski definition) is 1. The van der Waals surface area contributed by atoms with E-state index in [0.717, 1.165) is 34.2 Å². The minimum absolute atomic E-state index is 0.0281. The standard InChI is InChI=1S/C26H23F3N2O/c1-17(18-8-3-2-4-9-18)31-25(32)15-22(19-10-7-11-20(14-19)26(27,28)29)23-16-30-24-13-6-5-12-21(23)24/h2-14,16-17,22,30H,15H2,1H3,(H,31,32)/t17-,22-/m0/s1. The quantitative estimate of drug-likeness (QED) is 0.352. The largest absolute Gasteiger partial charge is 0.416 e. The lowest BCUT2D eigenvalue weighted by molar-refractivity contribution is -0.137. The summed E-state index contributed by atoms with van der Waals surface area (Å²) in [5.74, 6) is -0.759. The first-order chi connectivity index (χ1) is 15.3. The zero-order valence-corrected chi connectivity index (χ0v) is 17.5. The summed E-state index contributed by atoms with van der Waals surface area (Å²) in [6.07, 6.45) is -2.64. The molecule has 0 spiro atoms. The maximum Gasteiger partial charge on any atom is 0.416 e. The number of carbonyl (C=O) groups is 1. The number of rotatable bonds is 6. The summed E-state index contributed by atoms with van der Waals surface area (Å²) in [7, 11) is 0. The molecule has 0 aliphatic heterocycles. The lowest BCUT2D eigenvalue weighted by Crippen LogP contribution is -2.28. The Kier molecular flexibility index (Phi) is 6.04. The fourth-order valence-electron chi connectivity index (χ4n) is 4.03. The van der Waals surface area contributed by atoms with Gasteiger partial charge in [0.1, 0.15) is 0 Å². The molecule has 4 rings (SSSR count). The Hall–Kier alpha value is -3.54. The first-order valence-corrected chi connectivity index (χ1v) is 10.4. The van der Waals surface area contributed by atoms with E-state index in [1.807, 2.05) is 61.5 Å². The van der Waals surface area contributed by atoms with Gasteiger partial charge in [0, 0.05) is 29.4 Å². The van der Waals surface area contributed by atoms with Gasteiger partial charge in [-0.15, -0.1) is 0 Å². The zero-order chi connectivity index (χ0) is 22.7. The SMILES string of the molecule is C[C@H](NC(=O)C[C@@H](c1cccc(C(F)(F)F)c1)c1c[nH]c2ccccc12)c1ccccc1. The third-order valence-corrected chi connectivity index (χ3v) is 5.68. The molecule has 2 atom stereocenters. The van der Waals surface area contributed by atoms with Crippen molar-refractivity contribution in [2.24, 2.45) is 0 Å². The summed E-state index contributed by atoms with van der Waals surface area (Å²) < 4.78 is 40.1. The molecule has 3 aromatic carbocycles. The van der Waals surface area contributed by atoms with E-state index < -0.39 is 17.7 Å². The summed E-state index contributed by atoms with van der Waals surface area (Å²) in [5.41, 5.74) is 2.36. The maximum atomic E-state index is 13.4. The molecule has 164 valence electrons. The number of nitrogens with one attached hydrogen (secondary N) is 2. The van der Waals surface area contributed by atoms with Gasteiger partial charge in [-0.25, -0.2) is 0 Å². The van der Waals surface area contributed by atoms with E-state index in [0.29, 0.717) is 5.56 Å². The van der Waals surface area contributed by atoms with Crippen LogP contribution in [-0.2, 0) is 11.0 Å². The van der Waals surface area contributed by atoms with Gasteiger partial charge < -0.3 is 10.3 Å². The summed E-state index contributed by atoms with van der Waals surface area (Å²) in [6.45, 7) is 1.89. The number of hydrogen-bond donors (Lipinski definition) is 2. The third-order valence-electron chi connectivity index (χ3n) is 5.68. The summed E-state index contributed by atoms with van der Waals surface area (Å²) in [5, 5.41) is 3.87. The van der Waals surface area contributed by atoms with Gasteiger partial charge in [0.15, 0.2) is 0 Å². The van der Waals surface area contributed by atoms with Crippen LogP contribution in [0, 0.1) is 0 Å². The average Bonchev–Trinajstić information content (AvgIpc) is 3.21. The van der Waals surface area contributed by atoms with Crippen molar-refractivity contribution in [3.63, 3.8) is 0 Å². The van der Waals surface area contributed by atoms with Gasteiger partial charge in [0.25, 0.3) is 0 Å². The van der Waals surface area contributed by atoms with Crippen LogP contribution in [0.3, 0.4) is 0 Å². The van der Waals surface area contributed by atoms with Crippen molar-refractivity contribution in [3.8, 4) is 0 Å². The monoisotopic (exact) mass is 436 g/mol. The van der Waals surface area contributed by atoms with Gasteiger partial charge in [-0.3, -0.25) is 4.79 Å². The second-order valence-corrected chi connectivity index (χ2v) is 7.87. The minimum atomic E-state index is -4.45. The molecule has 32 heavy (non-hydrogen) atoms. The number of aromatic amines is 1. The van der Waals surface area contributed by atoms with Gasteiger partial charge in [0.05, 0.1) is 11.6 Å². The fraction of sp³-hybridized carbons (Fsp3) is 0.192. The van der Waals surface area contributed by atoms with E-state index in [9.17, 15) is 18.0 Å². The number of benzene rings is 3. The number of aromatic nitrogens is 1. The molecule has 0 fully saturated rings. The smallest absolute Gasteiger partial charge is 0.361 e. The Morgan fingerprint density at radius 3 is 2.38 bits per heavy atom. The molecule has 0 aliphatic rings. The van der Waals surface area contributed by atoms with E-state index in [-0.39, 0.29) is 18.4 Å². The van der Waals surface area contributed by atoms with Gasteiger partial charge in [0.2, 0.25) is 5.91 Å². The van der Waals surface area contributed by atoms with E-state index in [1.165, 1.54) is 6.07 Å². The number of para-hydroxylation sites is 1. The number of halogens is 3. The molecule has 0 unspecified atom stereocenters. The lowest BCUT2D eigenvalue weighted by atomic mass is 9.87. The summed E-state index contributed by atoms with van der Waals surface area (Å²) >= 11 is 0. The molecule has 1 amide bonds. The Labute approximate surface area is 184 Å². The molecule has 4 aromatic rings. The van der Waals surface area contributed by atoms with E-state index in [4.69, 9.17) is 0 Å². The predicted octanol–water partition coefficient (Wildman–Crippen LogP) is 6.59. The van der Waals surface area contributed by atoms with Crippen LogP contribution in [-0.4, -0.2) is 10.9 Å². The third kappa shape index (κ3) is 4.69. The molecular formula is C26H23F3N2O. The average molecular weight is 436 g/mol. The van der Waals surface area contributed by atoms with Crippen molar-refractivity contribution in [2.45, 2.75) is 31.5 Å². The van der Waals surface area contributed by atoms with Gasteiger partial charge in [-0.05, 0) is 35.7 Å². The van der Waals surface area contributed by atoms with Crippen LogP contribution in [0.5, 0.6) is 0 Å². The van der Waals surface area contributed by atoms with Crippen LogP contribution in [0.25, 0.3) is 10.9 Å². The van der Waals surface area contributed by atoms with Crippen LogP contribution in [0.4, 0.5) is 13.2 Å². The molecule has 6 heteroatoms. The van der Waals surface area contributed by atoms with Crippen molar-refractivity contribution in [1.82, 2.24) is 10.3 Å². The Balaban J connectivity index is 1.68. The van der Waals surface area contributed by atoms with Crippen LogP contribution in [0.2, 0.25) is 0 Å². The maximum absolute atomic E-state index is 13.4. The molecule has 0 radical (unpaired) electrons. The Morgan fingerprint density at radius 2 is 1.62 bits per heavy atom. The van der Waals surface area contributed by atoms with Crippen LogP contribution in [0.15, 0.2) is 85.1 Å². The van der Waals surface area contributed by atoms with Crippen molar-refractivity contribution < 1.29 is 18.0 Å². The van der Waals surface area contributed by atoms with Crippen LogP contribution < -0.4 is 5.32 Å². The number of carbonyl (C=O) groups excluding carboxylic acids is 1. The second kappa shape index (κ2) is 8.91. The number of fused-ring (bicyclic) bond motifs is 1. The first kappa shape index (κ1) is 21.7. The highest BCUT2D eigenvalue weighted by molar-refractivity contribution is 5.86. The Bertz CT molecular complexity index is 1210. The molecule has 0 saturated heterocycles. The zero-order valence-electron chi connectivity index (χ0n) is 17.5. The number of H-pyrrole nitrogens is 1. The van der Waals surface area contributed by atoms with E-state index in [1.54, 1.807) is 12.3 Å². The molecule has 0 bridgehead atoms. The van der Waals surface area contributed by atoms with Crippen LogP contribution >= 0.6 is 0 Å². The van der Waals surface area contributed by atoms with Crippen molar-refractivity contribution >= 4 is 16.8 Å². The predicted molar refractivity (Wildman–Crippen MR) is 119 cm³/mol. The van der Waals surface area contributed by atoms with Gasteiger partial charge in [-0.2, -0.15) is 13.2 Å². The summed E-state index contributed by atoms with van der Waals surface area (Å²) in [4.78, 5) is 16.1. The normalized spacial score (nSPS) is 13.6. The van der Waals surface area contributed by atoms with Crippen molar-refractivity contribution in [3.05, 3.63) is 107 Å². The molecule has 0 saturated carbocycles. The fourth-order valence-corrected chi connectivity index (χ4v) is 4.03. The molecule has 0 aliphatic carbocycles. The lowest BCUT2D eigenvalue weighted by Gasteiger charge is -2.21. The molecule has 2 N–H and O–H groups in total. The minimum Gasteiger partial charge on any atom is -0.361 e. The molecule has 1 aromatic heterocycles.